The van der Waals surface area contributed by atoms with Gasteiger partial charge in [0.1, 0.15) is 0 Å². The number of carbonyl (C=O) groups is 1. The summed E-state index contributed by atoms with van der Waals surface area (Å²) in [5.41, 5.74) is 1.83. The number of aliphatic hydroxyl groups excluding tert-OH is 1. The maximum atomic E-state index is 10.4. The van der Waals surface area contributed by atoms with E-state index < -0.39 is 12.1 Å². The second kappa shape index (κ2) is 5.28. The van der Waals surface area contributed by atoms with E-state index >= 15 is 0 Å². The van der Waals surface area contributed by atoms with Crippen LogP contribution in [0.1, 0.15) is 30.1 Å². The summed E-state index contributed by atoms with van der Waals surface area (Å²) in [7, 11) is 0. The first kappa shape index (κ1) is 12.2. The molecule has 0 radical (unpaired) electrons. The number of halogens is 1. The Labute approximate surface area is 96.9 Å². The van der Waals surface area contributed by atoms with Gasteiger partial charge >= 0.3 is 5.97 Å². The molecule has 3 nitrogen and oxygen atoms in total. The van der Waals surface area contributed by atoms with Gasteiger partial charge in [-0.05, 0) is 30.5 Å². The summed E-state index contributed by atoms with van der Waals surface area (Å²) in [5, 5.41) is 18.2. The highest BCUT2D eigenvalue weighted by Gasteiger charge is 2.12. The molecule has 0 aliphatic carbocycles. The summed E-state index contributed by atoms with van der Waals surface area (Å²) in [6, 6.07) is 5.61. The lowest BCUT2D eigenvalue weighted by molar-refractivity contribution is -0.137. The van der Waals surface area contributed by atoms with Crippen LogP contribution in [0.3, 0.4) is 0 Å². The number of benzene rings is 1. The molecule has 0 aliphatic heterocycles. The van der Waals surface area contributed by atoms with Crippen molar-refractivity contribution >= 4 is 21.9 Å². The summed E-state index contributed by atoms with van der Waals surface area (Å²) < 4.78 is 0.820. The number of carboxylic acid groups (broad SMARTS) is 1. The topological polar surface area (TPSA) is 57.5 Å². The molecule has 1 aromatic carbocycles. The number of hydrogen-bond donors (Lipinski definition) is 2. The number of aliphatic carboxylic acids is 1. The minimum absolute atomic E-state index is 0.0263. The van der Waals surface area contributed by atoms with Gasteiger partial charge in [0.15, 0.2) is 0 Å². The molecule has 2 N–H and O–H groups in total. The minimum atomic E-state index is -0.891. The van der Waals surface area contributed by atoms with Crippen LogP contribution in [0.2, 0.25) is 0 Å². The van der Waals surface area contributed by atoms with Crippen LogP contribution in [0.5, 0.6) is 0 Å². The monoisotopic (exact) mass is 272 g/mol. The highest BCUT2D eigenvalue weighted by atomic mass is 79.9. The van der Waals surface area contributed by atoms with Crippen LogP contribution in [-0.2, 0) is 4.79 Å². The molecule has 1 aromatic rings. The molecule has 15 heavy (non-hydrogen) atoms. The molecule has 0 aromatic heterocycles. The van der Waals surface area contributed by atoms with Crippen LogP contribution in [0, 0.1) is 6.92 Å². The molecule has 0 amide bonds. The number of carboxylic acids is 1. The standard InChI is InChI=1S/C11H13BrO3/c1-7-2-3-8(9(12)6-7)10(13)4-5-11(14)15/h2-3,6,10,13H,4-5H2,1H3,(H,14,15). The van der Waals surface area contributed by atoms with Crippen molar-refractivity contribution in [3.05, 3.63) is 33.8 Å². The maximum absolute atomic E-state index is 10.4. The predicted octanol–water partition coefficient (Wildman–Crippen LogP) is 2.66. The van der Waals surface area contributed by atoms with Gasteiger partial charge in [-0.15, -0.1) is 0 Å². The average molecular weight is 273 g/mol. The Morgan fingerprint density at radius 2 is 2.20 bits per heavy atom. The summed E-state index contributed by atoms with van der Waals surface area (Å²) in [5.74, 6) is -0.891. The predicted molar refractivity (Wildman–Crippen MR) is 60.7 cm³/mol. The highest BCUT2D eigenvalue weighted by Crippen LogP contribution is 2.27. The Hall–Kier alpha value is -0.870. The third-order valence-corrected chi connectivity index (χ3v) is 2.83. The Bertz CT molecular complexity index is 363. The Kier molecular flexibility index (Phi) is 4.29. The van der Waals surface area contributed by atoms with E-state index in [1.54, 1.807) is 0 Å². The molecular formula is C11H13BrO3. The van der Waals surface area contributed by atoms with E-state index in [1.165, 1.54) is 0 Å². The molecule has 0 aliphatic rings. The molecular weight excluding hydrogens is 260 g/mol. The first-order valence-corrected chi connectivity index (χ1v) is 5.46. The lowest BCUT2D eigenvalue weighted by Crippen LogP contribution is -2.03. The number of aryl methyl sites for hydroxylation is 1. The second-order valence-corrected chi connectivity index (χ2v) is 4.33. The lowest BCUT2D eigenvalue weighted by Gasteiger charge is -2.12. The maximum Gasteiger partial charge on any atom is 0.303 e. The van der Waals surface area contributed by atoms with E-state index in [4.69, 9.17) is 5.11 Å². The molecule has 0 fully saturated rings. The van der Waals surface area contributed by atoms with Gasteiger partial charge < -0.3 is 10.2 Å². The van der Waals surface area contributed by atoms with E-state index in [9.17, 15) is 9.90 Å². The molecule has 1 rings (SSSR count). The second-order valence-electron chi connectivity index (χ2n) is 3.47. The normalized spacial score (nSPS) is 12.5. The fourth-order valence-corrected chi connectivity index (χ4v) is 2.08. The van der Waals surface area contributed by atoms with Crippen LogP contribution in [0.25, 0.3) is 0 Å². The van der Waals surface area contributed by atoms with Gasteiger partial charge in [0.05, 0.1) is 6.10 Å². The van der Waals surface area contributed by atoms with Crippen LogP contribution in [0.4, 0.5) is 0 Å². The molecule has 4 heteroatoms. The Balaban J connectivity index is 2.73. The molecule has 0 spiro atoms. The van der Waals surface area contributed by atoms with Gasteiger partial charge in [-0.3, -0.25) is 4.79 Å². The third kappa shape index (κ3) is 3.64. The number of aliphatic hydroxyl groups is 1. The van der Waals surface area contributed by atoms with Crippen LogP contribution in [0.15, 0.2) is 22.7 Å². The van der Waals surface area contributed by atoms with Crippen molar-refractivity contribution in [2.75, 3.05) is 0 Å². The number of hydrogen-bond acceptors (Lipinski definition) is 2. The van der Waals surface area contributed by atoms with E-state index in [1.807, 2.05) is 25.1 Å². The van der Waals surface area contributed by atoms with Crippen LogP contribution in [-0.4, -0.2) is 16.2 Å². The van der Waals surface area contributed by atoms with E-state index in [0.717, 1.165) is 15.6 Å². The van der Waals surface area contributed by atoms with Crippen molar-refractivity contribution in [2.45, 2.75) is 25.9 Å². The van der Waals surface area contributed by atoms with Crippen molar-refractivity contribution in [3.8, 4) is 0 Å². The van der Waals surface area contributed by atoms with Gasteiger partial charge in [-0.2, -0.15) is 0 Å². The zero-order chi connectivity index (χ0) is 11.4. The number of rotatable bonds is 4. The van der Waals surface area contributed by atoms with E-state index in [0.29, 0.717) is 0 Å². The van der Waals surface area contributed by atoms with E-state index in [2.05, 4.69) is 15.9 Å². The summed E-state index contributed by atoms with van der Waals surface area (Å²) >= 11 is 3.35. The molecule has 1 unspecified atom stereocenters. The fourth-order valence-electron chi connectivity index (χ4n) is 1.32. The van der Waals surface area contributed by atoms with Gasteiger partial charge in [-0.25, -0.2) is 0 Å². The minimum Gasteiger partial charge on any atom is -0.481 e. The zero-order valence-corrected chi connectivity index (χ0v) is 9.99. The Morgan fingerprint density at radius 3 is 2.73 bits per heavy atom. The smallest absolute Gasteiger partial charge is 0.303 e. The highest BCUT2D eigenvalue weighted by molar-refractivity contribution is 9.10. The SMILES string of the molecule is Cc1ccc(C(O)CCC(=O)O)c(Br)c1. The van der Waals surface area contributed by atoms with Gasteiger partial charge in [0.2, 0.25) is 0 Å². The average Bonchev–Trinajstić information content (AvgIpc) is 2.14. The van der Waals surface area contributed by atoms with Crippen molar-refractivity contribution in [3.63, 3.8) is 0 Å². The zero-order valence-electron chi connectivity index (χ0n) is 8.40. The quantitative estimate of drug-likeness (QED) is 0.886. The largest absolute Gasteiger partial charge is 0.481 e. The first-order valence-electron chi connectivity index (χ1n) is 4.66. The summed E-state index contributed by atoms with van der Waals surface area (Å²) in [6.45, 7) is 1.96. The molecule has 0 heterocycles. The molecule has 82 valence electrons. The van der Waals surface area contributed by atoms with E-state index in [-0.39, 0.29) is 12.8 Å². The van der Waals surface area contributed by atoms with Crippen molar-refractivity contribution in [1.29, 1.82) is 0 Å². The van der Waals surface area contributed by atoms with Crippen molar-refractivity contribution in [2.24, 2.45) is 0 Å². The molecule has 0 saturated heterocycles. The summed E-state index contributed by atoms with van der Waals surface area (Å²) in [6.07, 6.45) is -0.519. The third-order valence-electron chi connectivity index (χ3n) is 2.15. The van der Waals surface area contributed by atoms with Crippen LogP contribution >= 0.6 is 15.9 Å². The van der Waals surface area contributed by atoms with Crippen LogP contribution < -0.4 is 0 Å². The Morgan fingerprint density at radius 1 is 1.53 bits per heavy atom. The van der Waals surface area contributed by atoms with Gasteiger partial charge in [0.25, 0.3) is 0 Å². The molecule has 0 saturated carbocycles. The molecule has 0 bridgehead atoms. The van der Waals surface area contributed by atoms with Crippen molar-refractivity contribution in [1.82, 2.24) is 0 Å². The fraction of sp³-hybridized carbons (Fsp3) is 0.364. The van der Waals surface area contributed by atoms with Crippen molar-refractivity contribution < 1.29 is 15.0 Å². The van der Waals surface area contributed by atoms with Gasteiger partial charge in [-0.1, -0.05) is 28.1 Å². The summed E-state index contributed by atoms with van der Waals surface area (Å²) in [4.78, 5) is 10.4. The van der Waals surface area contributed by atoms with Gasteiger partial charge in [0, 0.05) is 10.9 Å². The molecule has 1 atom stereocenters. The lowest BCUT2D eigenvalue weighted by atomic mass is 10.0. The first-order chi connectivity index (χ1) is 7.00.